The first-order valence-corrected chi connectivity index (χ1v) is 10.0. The van der Waals surface area contributed by atoms with Crippen LogP contribution in [0.25, 0.3) is 16.9 Å². The molecule has 3 aromatic rings. The molecule has 2 aliphatic carbocycles. The minimum Gasteiger partial charge on any atom is -0.488 e. The zero-order valence-electron chi connectivity index (χ0n) is 15.5. The van der Waals surface area contributed by atoms with E-state index >= 15 is 0 Å². The summed E-state index contributed by atoms with van der Waals surface area (Å²) in [6.45, 7) is 0. The molecule has 140 valence electrons. The number of carbonyl (C=O) groups excluding carboxylic acids is 1. The highest BCUT2D eigenvalue weighted by atomic mass is 16.5. The molecule has 0 atom stereocenters. The van der Waals surface area contributed by atoms with Crippen LogP contribution in [0.15, 0.2) is 54.7 Å². The molecule has 3 aliphatic rings. The van der Waals surface area contributed by atoms with Crippen molar-refractivity contribution in [3.63, 3.8) is 0 Å². The number of nitrogens with zero attached hydrogens (tertiary/aromatic N) is 2. The van der Waals surface area contributed by atoms with Crippen LogP contribution in [0.3, 0.4) is 0 Å². The Morgan fingerprint density at radius 3 is 2.64 bits per heavy atom. The van der Waals surface area contributed by atoms with E-state index in [9.17, 15) is 4.79 Å². The maximum atomic E-state index is 12.8. The summed E-state index contributed by atoms with van der Waals surface area (Å²) in [5.41, 5.74) is 4.66. The normalized spacial score (nSPS) is 19.2. The minimum atomic E-state index is -0.370. The first-order chi connectivity index (χ1) is 13.7. The number of hydrogen-bond donors (Lipinski definition) is 1. The standard InChI is InChI=1S/C23H21N3O2/c27-22-23(10-4-11-23)18-13-15(14-20(21(18)25-22)28-17-7-8-17)19-9-12-24-26(19)16-5-2-1-3-6-16/h1-3,5-6,9,12-14,17H,4,7-8,10-11H2,(H,25,27). The molecule has 5 nitrogen and oxygen atoms in total. The summed E-state index contributed by atoms with van der Waals surface area (Å²) >= 11 is 0. The Labute approximate surface area is 163 Å². The van der Waals surface area contributed by atoms with Crippen molar-refractivity contribution in [2.24, 2.45) is 0 Å². The summed E-state index contributed by atoms with van der Waals surface area (Å²) in [7, 11) is 0. The van der Waals surface area contributed by atoms with Gasteiger partial charge in [-0.1, -0.05) is 24.6 Å². The molecule has 1 N–H and O–H groups in total. The third kappa shape index (κ3) is 2.25. The average molecular weight is 371 g/mol. The molecule has 6 rings (SSSR count). The number of amides is 1. The van der Waals surface area contributed by atoms with Crippen molar-refractivity contribution in [1.82, 2.24) is 9.78 Å². The van der Waals surface area contributed by atoms with Gasteiger partial charge >= 0.3 is 0 Å². The van der Waals surface area contributed by atoms with Gasteiger partial charge in [0.05, 0.1) is 34.8 Å². The highest BCUT2D eigenvalue weighted by Crippen LogP contribution is 2.55. The van der Waals surface area contributed by atoms with Crippen LogP contribution >= 0.6 is 0 Å². The number of aromatic nitrogens is 2. The maximum Gasteiger partial charge on any atom is 0.235 e. The van der Waals surface area contributed by atoms with Crippen molar-refractivity contribution < 1.29 is 9.53 Å². The van der Waals surface area contributed by atoms with E-state index < -0.39 is 0 Å². The van der Waals surface area contributed by atoms with Crippen LogP contribution in [0.5, 0.6) is 5.75 Å². The molecule has 0 saturated heterocycles. The lowest BCUT2D eigenvalue weighted by Crippen LogP contribution is -2.40. The Kier molecular flexibility index (Phi) is 3.25. The van der Waals surface area contributed by atoms with E-state index in [0.717, 1.165) is 66.0 Å². The van der Waals surface area contributed by atoms with E-state index in [2.05, 4.69) is 22.5 Å². The monoisotopic (exact) mass is 371 g/mol. The number of carbonyl (C=O) groups is 1. The third-order valence-corrected chi connectivity index (χ3v) is 6.26. The minimum absolute atomic E-state index is 0.128. The Balaban J connectivity index is 1.52. The van der Waals surface area contributed by atoms with E-state index in [1.165, 1.54) is 0 Å². The molecule has 5 heteroatoms. The van der Waals surface area contributed by atoms with Crippen LogP contribution in [0.1, 0.15) is 37.7 Å². The van der Waals surface area contributed by atoms with Crippen LogP contribution in [-0.2, 0) is 10.2 Å². The molecule has 1 amide bonds. The largest absolute Gasteiger partial charge is 0.488 e. The lowest BCUT2D eigenvalue weighted by molar-refractivity contribution is -0.123. The zero-order valence-corrected chi connectivity index (χ0v) is 15.5. The number of para-hydroxylation sites is 1. The number of hydrogen-bond acceptors (Lipinski definition) is 3. The fourth-order valence-electron chi connectivity index (χ4n) is 4.41. The second-order valence-corrected chi connectivity index (χ2v) is 8.07. The second-order valence-electron chi connectivity index (χ2n) is 8.07. The molecule has 2 aromatic carbocycles. The summed E-state index contributed by atoms with van der Waals surface area (Å²) in [4.78, 5) is 12.8. The van der Waals surface area contributed by atoms with Gasteiger partial charge in [0.2, 0.25) is 5.91 Å². The van der Waals surface area contributed by atoms with Crippen molar-refractivity contribution in [3.8, 4) is 22.7 Å². The van der Waals surface area contributed by atoms with E-state index in [1.807, 2.05) is 47.3 Å². The number of anilines is 1. The number of benzene rings is 2. The van der Waals surface area contributed by atoms with Gasteiger partial charge in [-0.15, -0.1) is 0 Å². The maximum absolute atomic E-state index is 12.8. The molecule has 0 radical (unpaired) electrons. The lowest BCUT2D eigenvalue weighted by atomic mass is 9.65. The lowest BCUT2D eigenvalue weighted by Gasteiger charge is -2.36. The topological polar surface area (TPSA) is 56.1 Å². The molecule has 1 aromatic heterocycles. The molecule has 0 unspecified atom stereocenters. The summed E-state index contributed by atoms with van der Waals surface area (Å²) < 4.78 is 8.16. The van der Waals surface area contributed by atoms with Crippen molar-refractivity contribution in [2.45, 2.75) is 43.6 Å². The Hall–Kier alpha value is -3.08. The van der Waals surface area contributed by atoms with Crippen molar-refractivity contribution in [3.05, 3.63) is 60.3 Å². The fourth-order valence-corrected chi connectivity index (χ4v) is 4.41. The van der Waals surface area contributed by atoms with Gasteiger partial charge in [-0.3, -0.25) is 4.79 Å². The first-order valence-electron chi connectivity index (χ1n) is 10.0. The highest BCUT2D eigenvalue weighted by Gasteiger charge is 2.52. The van der Waals surface area contributed by atoms with Crippen LogP contribution in [0, 0.1) is 0 Å². The smallest absolute Gasteiger partial charge is 0.235 e. The summed E-state index contributed by atoms with van der Waals surface area (Å²) in [6, 6.07) is 16.4. The van der Waals surface area contributed by atoms with E-state index in [-0.39, 0.29) is 17.4 Å². The van der Waals surface area contributed by atoms with E-state index in [0.29, 0.717) is 0 Å². The Morgan fingerprint density at radius 2 is 1.93 bits per heavy atom. The predicted octanol–water partition coefficient (Wildman–Crippen LogP) is 4.45. The zero-order chi connectivity index (χ0) is 18.7. The van der Waals surface area contributed by atoms with Gasteiger partial charge in [0.15, 0.2) is 0 Å². The first kappa shape index (κ1) is 15.9. The van der Waals surface area contributed by atoms with Crippen molar-refractivity contribution in [2.75, 3.05) is 5.32 Å². The fraction of sp³-hybridized carbons (Fsp3) is 0.304. The number of rotatable bonds is 4. The molecule has 28 heavy (non-hydrogen) atoms. The van der Waals surface area contributed by atoms with E-state index in [4.69, 9.17) is 4.74 Å². The molecule has 0 bridgehead atoms. The molecule has 2 heterocycles. The van der Waals surface area contributed by atoms with Crippen molar-refractivity contribution >= 4 is 11.6 Å². The van der Waals surface area contributed by atoms with Crippen LogP contribution < -0.4 is 10.1 Å². The molecule has 2 fully saturated rings. The second kappa shape index (κ2) is 5.71. The molecular formula is C23H21N3O2. The highest BCUT2D eigenvalue weighted by molar-refractivity contribution is 6.09. The third-order valence-electron chi connectivity index (χ3n) is 6.26. The Morgan fingerprint density at radius 1 is 1.11 bits per heavy atom. The van der Waals surface area contributed by atoms with Gasteiger partial charge in [0.1, 0.15) is 5.75 Å². The van der Waals surface area contributed by atoms with Crippen LogP contribution in [0.4, 0.5) is 5.69 Å². The van der Waals surface area contributed by atoms with Crippen LogP contribution in [0.2, 0.25) is 0 Å². The molecule has 1 spiro atoms. The number of ether oxygens (including phenoxy) is 1. The molecule has 2 saturated carbocycles. The van der Waals surface area contributed by atoms with Gasteiger partial charge < -0.3 is 10.1 Å². The quantitative estimate of drug-likeness (QED) is 0.737. The predicted molar refractivity (Wildman–Crippen MR) is 107 cm³/mol. The van der Waals surface area contributed by atoms with Gasteiger partial charge in [-0.25, -0.2) is 4.68 Å². The van der Waals surface area contributed by atoms with Crippen molar-refractivity contribution in [1.29, 1.82) is 0 Å². The van der Waals surface area contributed by atoms with Gasteiger partial charge in [-0.2, -0.15) is 5.10 Å². The summed E-state index contributed by atoms with van der Waals surface area (Å²) in [6.07, 6.45) is 7.18. The van der Waals surface area contributed by atoms with Gasteiger partial charge in [-0.05, 0) is 61.6 Å². The molecule has 1 aliphatic heterocycles. The van der Waals surface area contributed by atoms with E-state index in [1.54, 1.807) is 0 Å². The number of nitrogens with one attached hydrogen (secondary N) is 1. The van der Waals surface area contributed by atoms with Gasteiger partial charge in [0, 0.05) is 5.56 Å². The summed E-state index contributed by atoms with van der Waals surface area (Å²) in [5.74, 6) is 0.927. The average Bonchev–Trinajstić information content (AvgIpc) is 3.25. The van der Waals surface area contributed by atoms with Gasteiger partial charge in [0.25, 0.3) is 0 Å². The summed E-state index contributed by atoms with van der Waals surface area (Å²) in [5, 5.41) is 7.66. The SMILES string of the molecule is O=C1Nc2c(OC3CC3)cc(-c3ccnn3-c3ccccc3)cc2C12CCC2. The Bertz CT molecular complexity index is 1080. The van der Waals surface area contributed by atoms with Crippen LogP contribution in [-0.4, -0.2) is 21.8 Å². The molecular weight excluding hydrogens is 350 g/mol. The number of fused-ring (bicyclic) bond motifs is 2.